The van der Waals surface area contributed by atoms with E-state index in [9.17, 15) is 14.0 Å². The van der Waals surface area contributed by atoms with E-state index in [0.717, 1.165) is 24.5 Å². The van der Waals surface area contributed by atoms with Gasteiger partial charge in [-0.15, -0.1) is 0 Å². The van der Waals surface area contributed by atoms with Crippen LogP contribution in [0.5, 0.6) is 0 Å². The highest BCUT2D eigenvalue weighted by Crippen LogP contribution is 2.18. The molecule has 0 bridgehead atoms. The summed E-state index contributed by atoms with van der Waals surface area (Å²) in [6.07, 6.45) is 1.66. The molecule has 0 saturated heterocycles. The Morgan fingerprint density at radius 1 is 1.20 bits per heavy atom. The van der Waals surface area contributed by atoms with Gasteiger partial charge in [-0.2, -0.15) is 0 Å². The number of hydrogen-bond donors (Lipinski definition) is 1. The molecule has 0 aliphatic heterocycles. The molecular weight excluding hydrogens is 389 g/mol. The van der Waals surface area contributed by atoms with Crippen LogP contribution in [0.2, 0.25) is 0 Å². The first-order chi connectivity index (χ1) is 12.0. The van der Waals surface area contributed by atoms with Crippen LogP contribution < -0.4 is 5.32 Å². The van der Waals surface area contributed by atoms with Crippen molar-refractivity contribution in [3.8, 4) is 0 Å². The van der Waals surface area contributed by atoms with Crippen LogP contribution in [0.15, 0.2) is 53.0 Å². The molecule has 2 rings (SSSR count). The highest BCUT2D eigenvalue weighted by atomic mass is 79.9. The zero-order valence-corrected chi connectivity index (χ0v) is 15.4. The number of amides is 1. The molecule has 0 saturated carbocycles. The molecule has 132 valence electrons. The van der Waals surface area contributed by atoms with Crippen molar-refractivity contribution in [3.63, 3.8) is 0 Å². The molecule has 4 nitrogen and oxygen atoms in total. The third-order valence-electron chi connectivity index (χ3n) is 3.60. The third-order valence-corrected chi connectivity index (χ3v) is 4.09. The van der Waals surface area contributed by atoms with Gasteiger partial charge in [-0.1, -0.05) is 59.6 Å². The van der Waals surface area contributed by atoms with Gasteiger partial charge in [0, 0.05) is 4.47 Å². The lowest BCUT2D eigenvalue weighted by Crippen LogP contribution is -2.32. The Balaban J connectivity index is 1.94. The van der Waals surface area contributed by atoms with Crippen LogP contribution in [0.3, 0.4) is 0 Å². The standard InChI is InChI=1S/C19H19BrFNO3/c1-2-6-17(13-7-4-3-5-8-13)22-18(23)12-25-19(24)15-11-14(20)9-10-16(15)21/h3-5,7-11,17H,2,6,12H2,1H3,(H,22,23)/t17-/m0/s1. The van der Waals surface area contributed by atoms with Crippen LogP contribution in [0, 0.1) is 5.82 Å². The van der Waals surface area contributed by atoms with Gasteiger partial charge in [0.25, 0.3) is 5.91 Å². The van der Waals surface area contributed by atoms with E-state index in [1.807, 2.05) is 37.3 Å². The van der Waals surface area contributed by atoms with Crippen LogP contribution in [-0.4, -0.2) is 18.5 Å². The monoisotopic (exact) mass is 407 g/mol. The largest absolute Gasteiger partial charge is 0.452 e. The Morgan fingerprint density at radius 2 is 1.92 bits per heavy atom. The lowest BCUT2D eigenvalue weighted by Gasteiger charge is -2.18. The van der Waals surface area contributed by atoms with Gasteiger partial charge in [-0.3, -0.25) is 4.79 Å². The molecule has 1 amide bonds. The van der Waals surface area contributed by atoms with Crippen molar-refractivity contribution in [1.82, 2.24) is 5.32 Å². The van der Waals surface area contributed by atoms with Crippen molar-refractivity contribution in [2.24, 2.45) is 0 Å². The third kappa shape index (κ3) is 5.67. The summed E-state index contributed by atoms with van der Waals surface area (Å²) in [5, 5.41) is 2.85. The van der Waals surface area contributed by atoms with Crippen LogP contribution in [0.25, 0.3) is 0 Å². The van der Waals surface area contributed by atoms with Crippen LogP contribution in [0.4, 0.5) is 4.39 Å². The number of benzene rings is 2. The molecule has 2 aromatic carbocycles. The Hall–Kier alpha value is -2.21. The van der Waals surface area contributed by atoms with E-state index in [1.54, 1.807) is 0 Å². The van der Waals surface area contributed by atoms with Gasteiger partial charge in [0.2, 0.25) is 0 Å². The molecule has 2 aromatic rings. The average Bonchev–Trinajstić information content (AvgIpc) is 2.62. The van der Waals surface area contributed by atoms with Gasteiger partial charge < -0.3 is 10.1 Å². The first-order valence-electron chi connectivity index (χ1n) is 7.97. The van der Waals surface area contributed by atoms with E-state index in [-0.39, 0.29) is 11.6 Å². The summed E-state index contributed by atoms with van der Waals surface area (Å²) >= 11 is 3.17. The number of carbonyl (C=O) groups excluding carboxylic acids is 2. The van der Waals surface area contributed by atoms with Gasteiger partial charge in [0.05, 0.1) is 11.6 Å². The molecule has 0 fully saturated rings. The summed E-state index contributed by atoms with van der Waals surface area (Å²) in [5.41, 5.74) is 0.775. The van der Waals surface area contributed by atoms with E-state index >= 15 is 0 Å². The van der Waals surface area contributed by atoms with E-state index in [0.29, 0.717) is 4.47 Å². The topological polar surface area (TPSA) is 55.4 Å². The van der Waals surface area contributed by atoms with Gasteiger partial charge in [0.1, 0.15) is 5.82 Å². The Labute approximate surface area is 154 Å². The first kappa shape index (κ1) is 19.1. The van der Waals surface area contributed by atoms with E-state index in [1.165, 1.54) is 12.1 Å². The maximum absolute atomic E-state index is 13.7. The number of halogens is 2. The summed E-state index contributed by atoms with van der Waals surface area (Å²) in [6.45, 7) is 1.57. The van der Waals surface area contributed by atoms with Crippen molar-refractivity contribution in [3.05, 3.63) is 69.9 Å². The highest BCUT2D eigenvalue weighted by Gasteiger charge is 2.17. The number of ether oxygens (including phenoxy) is 1. The van der Waals surface area contributed by atoms with Crippen molar-refractivity contribution in [2.45, 2.75) is 25.8 Å². The quantitative estimate of drug-likeness (QED) is 0.691. The van der Waals surface area contributed by atoms with Crippen molar-refractivity contribution in [1.29, 1.82) is 0 Å². The minimum Gasteiger partial charge on any atom is -0.452 e. The highest BCUT2D eigenvalue weighted by molar-refractivity contribution is 9.10. The van der Waals surface area contributed by atoms with Crippen molar-refractivity contribution < 1.29 is 18.7 Å². The summed E-state index contributed by atoms with van der Waals surface area (Å²) in [7, 11) is 0. The van der Waals surface area contributed by atoms with E-state index in [2.05, 4.69) is 21.2 Å². The number of esters is 1. The molecule has 0 heterocycles. The molecule has 0 aliphatic carbocycles. The van der Waals surface area contributed by atoms with Crippen molar-refractivity contribution >= 4 is 27.8 Å². The average molecular weight is 408 g/mol. The number of nitrogens with one attached hydrogen (secondary N) is 1. The summed E-state index contributed by atoms with van der Waals surface area (Å²) < 4.78 is 19.1. The molecular formula is C19H19BrFNO3. The van der Waals surface area contributed by atoms with Gasteiger partial charge >= 0.3 is 5.97 Å². The lowest BCUT2D eigenvalue weighted by atomic mass is 10.0. The molecule has 25 heavy (non-hydrogen) atoms. The van der Waals surface area contributed by atoms with Gasteiger partial charge in [-0.25, -0.2) is 9.18 Å². The summed E-state index contributed by atoms with van der Waals surface area (Å²) in [5.74, 6) is -1.99. The smallest absolute Gasteiger partial charge is 0.341 e. The fraction of sp³-hybridized carbons (Fsp3) is 0.263. The normalized spacial score (nSPS) is 11.6. The predicted octanol–water partition coefficient (Wildman–Crippen LogP) is 4.40. The second-order valence-corrected chi connectivity index (χ2v) is 6.44. The maximum atomic E-state index is 13.7. The second kappa shape index (κ2) is 9.32. The van der Waals surface area contributed by atoms with E-state index in [4.69, 9.17) is 4.74 Å². The Bertz CT molecular complexity index is 737. The minimum atomic E-state index is -0.874. The fourth-order valence-corrected chi connectivity index (χ4v) is 2.76. The van der Waals surface area contributed by atoms with Gasteiger partial charge in [-0.05, 0) is 30.2 Å². The van der Waals surface area contributed by atoms with Crippen LogP contribution in [-0.2, 0) is 9.53 Å². The molecule has 0 spiro atoms. The first-order valence-corrected chi connectivity index (χ1v) is 8.77. The van der Waals surface area contributed by atoms with E-state index < -0.39 is 24.3 Å². The molecule has 0 unspecified atom stereocenters. The predicted molar refractivity (Wildman–Crippen MR) is 96.6 cm³/mol. The Kier molecular flexibility index (Phi) is 7.13. The molecule has 1 atom stereocenters. The molecule has 6 heteroatoms. The minimum absolute atomic E-state index is 0.153. The Morgan fingerprint density at radius 3 is 2.60 bits per heavy atom. The molecule has 0 aliphatic rings. The fourth-order valence-electron chi connectivity index (χ4n) is 2.39. The number of rotatable bonds is 7. The van der Waals surface area contributed by atoms with Gasteiger partial charge in [0.15, 0.2) is 6.61 Å². The second-order valence-electron chi connectivity index (χ2n) is 5.52. The van der Waals surface area contributed by atoms with Crippen LogP contribution in [0.1, 0.15) is 41.7 Å². The maximum Gasteiger partial charge on any atom is 0.341 e. The zero-order chi connectivity index (χ0) is 18.2. The lowest BCUT2D eigenvalue weighted by molar-refractivity contribution is -0.125. The SMILES string of the molecule is CCC[C@H](NC(=O)COC(=O)c1cc(Br)ccc1F)c1ccccc1. The molecule has 1 N–H and O–H groups in total. The molecule has 0 aromatic heterocycles. The summed E-state index contributed by atoms with van der Waals surface area (Å²) in [6, 6.07) is 13.4. The van der Waals surface area contributed by atoms with Crippen molar-refractivity contribution in [2.75, 3.05) is 6.61 Å². The number of hydrogen-bond acceptors (Lipinski definition) is 3. The number of carbonyl (C=O) groups is 2. The van der Waals surface area contributed by atoms with Crippen LogP contribution >= 0.6 is 15.9 Å². The molecule has 0 radical (unpaired) electrons. The summed E-state index contributed by atoms with van der Waals surface area (Å²) in [4.78, 5) is 24.0. The zero-order valence-electron chi connectivity index (χ0n) is 13.8.